The molecule has 0 radical (unpaired) electrons. The number of nitrogens with zero attached hydrogens (tertiary/aromatic N) is 1. The topological polar surface area (TPSA) is 12.9 Å². The van der Waals surface area contributed by atoms with E-state index in [4.69, 9.17) is 0 Å². The Balaban J connectivity index is 2.54. The fraction of sp³-hybridized carbons (Fsp3) is 0.583. The molecule has 0 aliphatic carbocycles. The zero-order chi connectivity index (χ0) is 11.5. The van der Waals surface area contributed by atoms with Crippen molar-refractivity contribution in [2.45, 2.75) is 19.3 Å². The largest absolute Gasteiger partial charge is 0.258 e. The minimum atomic E-state index is -0.437. The fourth-order valence-electron chi connectivity index (χ4n) is 1.36. The average Bonchev–Trinajstić information content (AvgIpc) is 2.14. The maximum absolute atomic E-state index is 12.7. The van der Waals surface area contributed by atoms with Gasteiger partial charge >= 0.3 is 0 Å². The van der Waals surface area contributed by atoms with Gasteiger partial charge in [-0.1, -0.05) is 6.92 Å². The van der Waals surface area contributed by atoms with E-state index in [9.17, 15) is 4.39 Å². The van der Waals surface area contributed by atoms with Gasteiger partial charge in [0.15, 0.2) is 0 Å². The molecule has 0 saturated heterocycles. The Kier molecular flexibility index (Phi) is 4.14. The highest BCUT2D eigenvalue weighted by Crippen LogP contribution is 2.37. The lowest BCUT2D eigenvalue weighted by molar-refractivity contribution is 0.613. The van der Waals surface area contributed by atoms with E-state index in [0.717, 1.165) is 12.1 Å². The van der Waals surface area contributed by atoms with Gasteiger partial charge in [-0.3, -0.25) is 4.98 Å². The van der Waals surface area contributed by atoms with E-state index in [1.165, 1.54) is 18.0 Å². The molecule has 1 nitrogen and oxygen atoms in total. The molecule has 1 aromatic heterocycles. The summed E-state index contributed by atoms with van der Waals surface area (Å²) < 4.78 is 12.7. The molecule has 3 heteroatoms. The zero-order valence-electron chi connectivity index (χ0n) is 9.96. The normalized spacial score (nSPS) is 15.0. The highest BCUT2D eigenvalue weighted by Gasteiger charge is 2.11. The Morgan fingerprint density at radius 1 is 1.33 bits per heavy atom. The van der Waals surface area contributed by atoms with Gasteiger partial charge in [-0.05, 0) is 49.0 Å². The van der Waals surface area contributed by atoms with Crippen molar-refractivity contribution in [3.63, 3.8) is 0 Å². The average molecular weight is 229 g/mol. The second-order valence-corrected chi connectivity index (χ2v) is 9.48. The SMILES string of the molecule is CC(CCS(C)(C)C)c1ccc(F)cn1. The second-order valence-electron chi connectivity index (χ2n) is 4.89. The van der Waals surface area contributed by atoms with Crippen LogP contribution in [0.2, 0.25) is 0 Å². The Bertz CT molecular complexity index is 302. The highest BCUT2D eigenvalue weighted by atomic mass is 32.3. The predicted molar refractivity (Wildman–Crippen MR) is 67.5 cm³/mol. The second kappa shape index (κ2) is 4.97. The third-order valence-corrected chi connectivity index (χ3v) is 3.88. The van der Waals surface area contributed by atoms with Crippen LogP contribution in [-0.4, -0.2) is 29.5 Å². The molecule has 1 unspecified atom stereocenters. The van der Waals surface area contributed by atoms with Crippen molar-refractivity contribution >= 4 is 10.0 Å². The maximum atomic E-state index is 12.7. The predicted octanol–water partition coefficient (Wildman–Crippen LogP) is 3.41. The van der Waals surface area contributed by atoms with Gasteiger partial charge in [0.1, 0.15) is 5.82 Å². The first-order chi connectivity index (χ1) is 6.88. The number of rotatable bonds is 4. The molecule has 0 aromatic carbocycles. The van der Waals surface area contributed by atoms with E-state index >= 15 is 0 Å². The molecule has 0 aliphatic heterocycles. The van der Waals surface area contributed by atoms with Crippen LogP contribution in [0.1, 0.15) is 25.0 Å². The van der Waals surface area contributed by atoms with Crippen LogP contribution in [0, 0.1) is 5.82 Å². The lowest BCUT2D eigenvalue weighted by Crippen LogP contribution is -2.05. The van der Waals surface area contributed by atoms with Crippen molar-refractivity contribution in [1.82, 2.24) is 4.98 Å². The molecule has 0 aliphatic rings. The fourth-order valence-corrected chi connectivity index (χ4v) is 2.42. The third-order valence-electron chi connectivity index (χ3n) is 2.42. The van der Waals surface area contributed by atoms with Gasteiger partial charge in [-0.15, -0.1) is 0 Å². The number of hydrogen-bond acceptors (Lipinski definition) is 1. The van der Waals surface area contributed by atoms with Crippen molar-refractivity contribution in [2.24, 2.45) is 0 Å². The van der Waals surface area contributed by atoms with Crippen LogP contribution in [0.5, 0.6) is 0 Å². The molecule has 86 valence electrons. The summed E-state index contributed by atoms with van der Waals surface area (Å²) in [6.07, 6.45) is 9.39. The number of aromatic nitrogens is 1. The molecule has 1 rings (SSSR count). The summed E-state index contributed by atoms with van der Waals surface area (Å²) in [4.78, 5) is 4.11. The standard InChI is InChI=1S/C12H20FNS/c1-10(7-8-15(2,3)4)12-6-5-11(13)9-14-12/h5-6,9-10H,7-8H2,1-4H3. The quantitative estimate of drug-likeness (QED) is 0.771. The molecule has 0 amide bonds. The smallest absolute Gasteiger partial charge is 0.141 e. The van der Waals surface area contributed by atoms with Crippen LogP contribution >= 0.6 is 10.0 Å². The molecule has 0 bridgehead atoms. The molecular weight excluding hydrogens is 209 g/mol. The summed E-state index contributed by atoms with van der Waals surface area (Å²) >= 11 is 0. The van der Waals surface area contributed by atoms with Gasteiger partial charge in [0.2, 0.25) is 0 Å². The molecule has 1 heterocycles. The minimum absolute atomic E-state index is 0.257. The van der Waals surface area contributed by atoms with Crippen molar-refractivity contribution in [2.75, 3.05) is 24.5 Å². The monoisotopic (exact) mass is 229 g/mol. The van der Waals surface area contributed by atoms with E-state index in [1.54, 1.807) is 6.07 Å². The molecule has 0 fully saturated rings. The first kappa shape index (κ1) is 12.5. The van der Waals surface area contributed by atoms with Crippen LogP contribution in [0.15, 0.2) is 18.3 Å². The van der Waals surface area contributed by atoms with Crippen LogP contribution in [0.4, 0.5) is 4.39 Å². The van der Waals surface area contributed by atoms with Crippen molar-refractivity contribution in [3.8, 4) is 0 Å². The van der Waals surface area contributed by atoms with Gasteiger partial charge < -0.3 is 0 Å². The van der Waals surface area contributed by atoms with Gasteiger partial charge in [0.25, 0.3) is 0 Å². The molecule has 1 atom stereocenters. The summed E-state index contributed by atoms with van der Waals surface area (Å²) in [6, 6.07) is 3.28. The van der Waals surface area contributed by atoms with Crippen molar-refractivity contribution in [3.05, 3.63) is 29.8 Å². The minimum Gasteiger partial charge on any atom is -0.258 e. The lowest BCUT2D eigenvalue weighted by Gasteiger charge is -2.26. The van der Waals surface area contributed by atoms with Crippen LogP contribution in [0.3, 0.4) is 0 Å². The van der Waals surface area contributed by atoms with Crippen LogP contribution in [-0.2, 0) is 0 Å². The molecule has 1 aromatic rings. The lowest BCUT2D eigenvalue weighted by atomic mass is 10.0. The van der Waals surface area contributed by atoms with E-state index in [2.05, 4.69) is 30.7 Å². The Labute approximate surface area is 93.4 Å². The van der Waals surface area contributed by atoms with E-state index in [-0.39, 0.29) is 5.82 Å². The Morgan fingerprint density at radius 3 is 2.47 bits per heavy atom. The molecule has 0 spiro atoms. The van der Waals surface area contributed by atoms with Gasteiger partial charge in [-0.2, -0.15) is 0 Å². The van der Waals surface area contributed by atoms with Gasteiger partial charge in [-0.25, -0.2) is 14.4 Å². The molecule has 15 heavy (non-hydrogen) atoms. The number of pyridine rings is 1. The first-order valence-corrected chi connectivity index (χ1v) is 8.18. The summed E-state index contributed by atoms with van der Waals surface area (Å²) in [7, 11) is -0.437. The maximum Gasteiger partial charge on any atom is 0.141 e. The Morgan fingerprint density at radius 2 is 2.00 bits per heavy atom. The Hall–Kier alpha value is -0.570. The van der Waals surface area contributed by atoms with Gasteiger partial charge in [0, 0.05) is 5.69 Å². The first-order valence-electron chi connectivity index (χ1n) is 5.16. The zero-order valence-corrected chi connectivity index (χ0v) is 10.8. The summed E-state index contributed by atoms with van der Waals surface area (Å²) in [5, 5.41) is 0. The van der Waals surface area contributed by atoms with Crippen LogP contribution in [0.25, 0.3) is 0 Å². The van der Waals surface area contributed by atoms with Gasteiger partial charge in [0.05, 0.1) is 6.20 Å². The molecule has 0 saturated carbocycles. The summed E-state index contributed by atoms with van der Waals surface area (Å²) in [5.74, 6) is 1.41. The summed E-state index contributed by atoms with van der Waals surface area (Å²) in [5.41, 5.74) is 1.00. The highest BCUT2D eigenvalue weighted by molar-refractivity contribution is 8.32. The van der Waals surface area contributed by atoms with E-state index in [1.807, 2.05) is 0 Å². The van der Waals surface area contributed by atoms with Crippen LogP contribution < -0.4 is 0 Å². The summed E-state index contributed by atoms with van der Waals surface area (Å²) in [6.45, 7) is 2.16. The third kappa shape index (κ3) is 4.65. The molecular formula is C12H20FNS. The van der Waals surface area contributed by atoms with Crippen molar-refractivity contribution in [1.29, 1.82) is 0 Å². The number of halogens is 1. The van der Waals surface area contributed by atoms with E-state index < -0.39 is 10.0 Å². The number of hydrogen-bond donors (Lipinski definition) is 0. The molecule has 0 N–H and O–H groups in total. The van der Waals surface area contributed by atoms with E-state index in [0.29, 0.717) is 5.92 Å². The van der Waals surface area contributed by atoms with Crippen molar-refractivity contribution < 1.29 is 4.39 Å².